The molecule has 0 spiro atoms. The third-order valence-electron chi connectivity index (χ3n) is 15.4. The van der Waals surface area contributed by atoms with Gasteiger partial charge in [-0.15, -0.1) is 43.1 Å². The number of aromatic nitrogens is 10. The van der Waals surface area contributed by atoms with Crippen LogP contribution < -0.4 is 21.3 Å². The summed E-state index contributed by atoms with van der Waals surface area (Å²) in [6.45, 7) is -0.221. The maximum atomic E-state index is 13.4. The van der Waals surface area contributed by atoms with Crippen LogP contribution in [0.1, 0.15) is 139 Å². The van der Waals surface area contributed by atoms with Crippen LogP contribution in [-0.2, 0) is 62.2 Å². The summed E-state index contributed by atoms with van der Waals surface area (Å²) in [5, 5.41) is 35.3. The molecule has 4 fully saturated rings. The van der Waals surface area contributed by atoms with E-state index in [9.17, 15) is 54.3 Å². The smallest absolute Gasteiger partial charge is 0.282 e. The molecular weight excluding hydrogens is 1080 g/mol. The molecule has 0 unspecified atom stereocenters. The Morgan fingerprint density at radius 3 is 1.35 bits per heavy atom. The number of Topliss-reactive ketones (excluding diaryl/α,β-unsaturated/α-hetero) is 2. The molecule has 0 bridgehead atoms. The van der Waals surface area contributed by atoms with Gasteiger partial charge in [0.2, 0.25) is 11.9 Å². The standard InChI is InChI=1S/2C25H27F4N7O2S/c2*1-35-20(7-16(34-35)22(26)27)32-24-33-31-11-36(24)14-4-5-18-15(6-14)21(19(39-18)8-17(37)12-2-3-12)23(38)30-10-13-9-25(13,28)29/h2*7,11-14,22H,2-6,8-10H2,1H3,(H,30,38)(H,32,33)/t13-,14+;13-,14-/m10/s1. The van der Waals surface area contributed by atoms with Gasteiger partial charge in [-0.25, -0.2) is 35.1 Å². The molecule has 0 aliphatic heterocycles. The van der Waals surface area contributed by atoms with Crippen molar-refractivity contribution in [2.45, 2.75) is 127 Å². The predicted octanol–water partition coefficient (Wildman–Crippen LogP) is 8.78. The van der Waals surface area contributed by atoms with E-state index in [1.807, 2.05) is 0 Å². The lowest BCUT2D eigenvalue weighted by Gasteiger charge is -2.25. The van der Waals surface area contributed by atoms with Gasteiger partial charge in [0, 0.05) is 120 Å². The summed E-state index contributed by atoms with van der Waals surface area (Å²) in [5.41, 5.74) is 1.76. The summed E-state index contributed by atoms with van der Waals surface area (Å²) in [6.07, 6.45) is 4.62. The van der Waals surface area contributed by atoms with Crippen molar-refractivity contribution in [2.75, 3.05) is 23.7 Å². The number of ketones is 2. The number of hydrogen-bond donors (Lipinski definition) is 4. The van der Waals surface area contributed by atoms with E-state index in [0.29, 0.717) is 82.9 Å². The minimum Gasteiger partial charge on any atom is -0.351 e. The van der Waals surface area contributed by atoms with Gasteiger partial charge in [-0.1, -0.05) is 0 Å². The largest absolute Gasteiger partial charge is 0.351 e. The number of thiophene rings is 2. The number of nitrogens with zero attached hydrogens (tertiary/aromatic N) is 10. The Labute approximate surface area is 448 Å². The number of hydrogen-bond acceptors (Lipinski definition) is 14. The number of nitrogens with one attached hydrogen (secondary N) is 4. The molecular formula is C50H54F8N14O4S2. The molecule has 6 aromatic rings. The van der Waals surface area contributed by atoms with Gasteiger partial charge in [-0.3, -0.25) is 37.7 Å². The first-order valence-electron chi connectivity index (χ1n) is 25.8. The number of carbonyl (C=O) groups is 4. The first kappa shape index (κ1) is 53.4. The van der Waals surface area contributed by atoms with Crippen LogP contribution in [-0.4, -0.2) is 97.4 Å². The second-order valence-corrected chi connectivity index (χ2v) is 23.5. The van der Waals surface area contributed by atoms with E-state index in [4.69, 9.17) is 0 Å². The van der Waals surface area contributed by atoms with Gasteiger partial charge in [-0.2, -0.15) is 10.2 Å². The van der Waals surface area contributed by atoms with Crippen molar-refractivity contribution in [1.29, 1.82) is 0 Å². The Morgan fingerprint density at radius 2 is 1.01 bits per heavy atom. The van der Waals surface area contributed by atoms with Crippen LogP contribution in [0.5, 0.6) is 0 Å². The summed E-state index contributed by atoms with van der Waals surface area (Å²) < 4.78 is 112. The first-order valence-corrected chi connectivity index (χ1v) is 27.5. The Balaban J connectivity index is 0.000000165. The fraction of sp³-hybridized carbons (Fsp3) is 0.560. The second kappa shape index (κ2) is 20.9. The van der Waals surface area contributed by atoms with E-state index < -0.39 is 48.3 Å². The Kier molecular flexibility index (Phi) is 14.3. The van der Waals surface area contributed by atoms with Crippen LogP contribution in [0.4, 0.5) is 58.7 Å². The second-order valence-electron chi connectivity index (χ2n) is 21.1. The molecule has 4 N–H and O–H groups in total. The number of amides is 2. The molecule has 78 heavy (non-hydrogen) atoms. The third kappa shape index (κ3) is 11.3. The van der Waals surface area contributed by atoms with Crippen molar-refractivity contribution in [1.82, 2.24) is 59.7 Å². The molecule has 12 rings (SSSR count). The minimum absolute atomic E-state index is 0.0428. The van der Waals surface area contributed by atoms with Gasteiger partial charge in [0.15, 0.2) is 0 Å². The number of aryl methyl sites for hydroxylation is 4. The van der Waals surface area contributed by atoms with Gasteiger partial charge >= 0.3 is 0 Å². The van der Waals surface area contributed by atoms with Crippen molar-refractivity contribution in [3.8, 4) is 0 Å². The van der Waals surface area contributed by atoms with Crippen LogP contribution in [0.3, 0.4) is 0 Å². The summed E-state index contributed by atoms with van der Waals surface area (Å²) in [6, 6.07) is 2.19. The number of carbonyl (C=O) groups excluding carboxylic acids is 4. The number of fused-ring (bicyclic) bond motifs is 2. The summed E-state index contributed by atoms with van der Waals surface area (Å²) in [5.74, 6) is -6.41. The highest BCUT2D eigenvalue weighted by Gasteiger charge is 2.57. The molecule has 4 saturated carbocycles. The maximum absolute atomic E-state index is 13.4. The topological polar surface area (TPSA) is 213 Å². The zero-order chi connectivity index (χ0) is 54.9. The third-order valence-corrected chi connectivity index (χ3v) is 18.0. The van der Waals surface area contributed by atoms with Crippen molar-refractivity contribution >= 4 is 69.6 Å². The predicted molar refractivity (Wildman–Crippen MR) is 267 cm³/mol. The SMILES string of the molecule is Cn1nc(C(F)F)cc1Nc1nncn1[C@H]1CCc2sc(CC(=O)C3CC3)c(C(=O)NC[C@@H]3CC3(F)F)c2C1.Cn1nc(C(F)F)cc1Nc1nncn1[C@H]1CCc2sc(CC(=O)C3CC3)c(C(=O)NC[C@H]3CC3(F)F)c2C1. The zero-order valence-corrected chi connectivity index (χ0v) is 43.8. The highest BCUT2D eigenvalue weighted by Crippen LogP contribution is 2.49. The molecule has 6 heterocycles. The van der Waals surface area contributed by atoms with Crippen LogP contribution in [0.2, 0.25) is 0 Å². The van der Waals surface area contributed by atoms with Crippen molar-refractivity contribution in [2.24, 2.45) is 37.8 Å². The summed E-state index contributed by atoms with van der Waals surface area (Å²) >= 11 is 2.92. The normalized spacial score (nSPS) is 21.6. The summed E-state index contributed by atoms with van der Waals surface area (Å²) in [7, 11) is 3.08. The quantitative estimate of drug-likeness (QED) is 0.0528. The van der Waals surface area contributed by atoms with Gasteiger partial charge in [0.05, 0.1) is 11.1 Å². The molecule has 2 amide bonds. The zero-order valence-electron chi connectivity index (χ0n) is 42.2. The van der Waals surface area contributed by atoms with Gasteiger partial charge in [0.1, 0.15) is 47.2 Å². The van der Waals surface area contributed by atoms with Gasteiger partial charge in [-0.05, 0) is 75.3 Å². The van der Waals surface area contributed by atoms with E-state index in [1.54, 1.807) is 35.9 Å². The molecule has 0 radical (unpaired) electrons. The first-order chi connectivity index (χ1) is 37.2. The van der Waals surface area contributed by atoms with Crippen LogP contribution in [0.15, 0.2) is 24.8 Å². The lowest BCUT2D eigenvalue weighted by atomic mass is 9.90. The Bertz CT molecular complexity index is 3070. The number of halogens is 8. The van der Waals surface area contributed by atoms with E-state index in [0.717, 1.165) is 46.6 Å². The monoisotopic (exact) mass is 1130 g/mol. The Morgan fingerprint density at radius 1 is 0.628 bits per heavy atom. The lowest BCUT2D eigenvalue weighted by Crippen LogP contribution is -2.29. The van der Waals surface area contributed by atoms with Crippen LogP contribution in [0, 0.1) is 23.7 Å². The average molecular weight is 1130 g/mol. The fourth-order valence-corrected chi connectivity index (χ4v) is 13.1. The molecule has 6 aliphatic carbocycles. The van der Waals surface area contributed by atoms with Crippen molar-refractivity contribution < 1.29 is 54.3 Å². The molecule has 0 aromatic carbocycles. The van der Waals surface area contributed by atoms with Crippen LogP contribution in [0.25, 0.3) is 0 Å². The number of anilines is 4. The molecule has 416 valence electrons. The summed E-state index contributed by atoms with van der Waals surface area (Å²) in [4.78, 5) is 55.4. The molecule has 18 nitrogen and oxygen atoms in total. The van der Waals surface area contributed by atoms with E-state index in [1.165, 1.54) is 44.2 Å². The molecule has 28 heteroatoms. The van der Waals surface area contributed by atoms with Crippen LogP contribution >= 0.6 is 22.7 Å². The number of alkyl halides is 8. The van der Waals surface area contributed by atoms with E-state index in [2.05, 4.69) is 51.9 Å². The van der Waals surface area contributed by atoms with Gasteiger partial charge < -0.3 is 21.3 Å². The molecule has 6 aromatic heterocycles. The van der Waals surface area contributed by atoms with E-state index in [-0.39, 0.29) is 85.6 Å². The van der Waals surface area contributed by atoms with Gasteiger partial charge in [0.25, 0.3) is 36.5 Å². The average Bonchev–Trinajstić information content (AvgIpc) is 4.40. The van der Waals surface area contributed by atoms with Crippen molar-refractivity contribution in [3.63, 3.8) is 0 Å². The minimum atomic E-state index is -2.74. The fourth-order valence-electron chi connectivity index (χ4n) is 10.4. The highest BCUT2D eigenvalue weighted by atomic mass is 32.1. The number of rotatable bonds is 20. The maximum Gasteiger partial charge on any atom is 0.282 e. The molecule has 0 saturated heterocycles. The Hall–Kier alpha value is -6.58. The molecule has 4 atom stereocenters. The van der Waals surface area contributed by atoms with E-state index >= 15 is 0 Å². The highest BCUT2D eigenvalue weighted by molar-refractivity contribution is 7.13. The van der Waals surface area contributed by atoms with Crippen molar-refractivity contribution in [3.05, 3.63) is 77.9 Å². The molecule has 6 aliphatic rings. The lowest BCUT2D eigenvalue weighted by molar-refractivity contribution is -0.120.